The molecular weight excluding hydrogens is 391 g/mol. The summed E-state index contributed by atoms with van der Waals surface area (Å²) in [6, 6.07) is 7.22. The van der Waals surface area contributed by atoms with Crippen LogP contribution in [0.15, 0.2) is 41.4 Å². The number of halogens is 2. The van der Waals surface area contributed by atoms with E-state index in [-0.39, 0.29) is 15.8 Å². The van der Waals surface area contributed by atoms with Crippen molar-refractivity contribution in [2.45, 2.75) is 30.7 Å². The summed E-state index contributed by atoms with van der Waals surface area (Å²) in [5.41, 5.74) is 1.61. The number of hydrogen-bond acceptors (Lipinski definition) is 4. The summed E-state index contributed by atoms with van der Waals surface area (Å²) >= 11 is 5.76. The lowest BCUT2D eigenvalue weighted by Crippen LogP contribution is -2.29. The third-order valence-corrected chi connectivity index (χ3v) is 7.05. The smallest absolute Gasteiger partial charge is 0.243 e. The van der Waals surface area contributed by atoms with Crippen LogP contribution in [0.2, 0.25) is 5.02 Å². The molecule has 0 unspecified atom stereocenters. The minimum atomic E-state index is -3.74. The van der Waals surface area contributed by atoms with Gasteiger partial charge in [-0.3, -0.25) is 0 Å². The molecule has 0 bridgehead atoms. The minimum absolute atomic E-state index is 0.000195. The van der Waals surface area contributed by atoms with E-state index < -0.39 is 15.8 Å². The monoisotopic (exact) mass is 408 g/mol. The molecule has 0 saturated carbocycles. The second kappa shape index (κ2) is 6.85. The van der Waals surface area contributed by atoms with Gasteiger partial charge >= 0.3 is 0 Å². The molecule has 3 aromatic rings. The summed E-state index contributed by atoms with van der Waals surface area (Å²) in [5.74, 6) is 0.185. The number of rotatable bonds is 4. The highest BCUT2D eigenvalue weighted by atomic mass is 35.5. The second-order valence-corrected chi connectivity index (χ2v) is 8.83. The topological polar surface area (TPSA) is 68.1 Å². The second-order valence-electron chi connectivity index (χ2n) is 6.48. The maximum Gasteiger partial charge on any atom is 0.243 e. The van der Waals surface area contributed by atoms with Crippen molar-refractivity contribution in [1.29, 1.82) is 0 Å². The predicted octanol–water partition coefficient (Wildman–Crippen LogP) is 3.42. The number of aromatic nitrogens is 3. The van der Waals surface area contributed by atoms with Crippen LogP contribution in [-0.2, 0) is 16.6 Å². The number of imidazole rings is 1. The van der Waals surface area contributed by atoms with Crippen LogP contribution in [0.3, 0.4) is 0 Å². The lowest BCUT2D eigenvalue weighted by atomic mass is 10.1. The quantitative estimate of drug-likeness (QED) is 0.663. The summed E-state index contributed by atoms with van der Waals surface area (Å²) in [4.78, 5) is 9.08. The standard InChI is InChI=1S/C18H18ClFN4O2S/c1-2-24-17(22-16-4-3-8-21-18(16)24)12-7-9-23(11-12)27(25,26)13-5-6-15(20)14(19)10-13/h3-6,8,10,12H,2,7,9,11H2,1H3/t12-/m0/s1. The number of sulfonamides is 1. The number of hydrogen-bond donors (Lipinski definition) is 0. The Kier molecular flexibility index (Phi) is 4.65. The summed E-state index contributed by atoms with van der Waals surface area (Å²) in [5, 5.41) is -0.203. The van der Waals surface area contributed by atoms with Crippen molar-refractivity contribution in [2.24, 2.45) is 0 Å². The Labute approximate surface area is 161 Å². The van der Waals surface area contributed by atoms with E-state index in [0.717, 1.165) is 29.1 Å². The molecule has 27 heavy (non-hydrogen) atoms. The van der Waals surface area contributed by atoms with Crippen LogP contribution < -0.4 is 0 Å². The maximum atomic E-state index is 13.4. The first-order chi connectivity index (χ1) is 12.9. The molecule has 1 aliphatic rings. The Hall–Kier alpha value is -2.03. The van der Waals surface area contributed by atoms with E-state index in [1.807, 2.05) is 23.6 Å². The summed E-state index contributed by atoms with van der Waals surface area (Å²) in [6.45, 7) is 3.42. The van der Waals surface area contributed by atoms with Crippen LogP contribution in [-0.4, -0.2) is 40.3 Å². The molecule has 1 aromatic carbocycles. The van der Waals surface area contributed by atoms with Crippen molar-refractivity contribution in [1.82, 2.24) is 18.8 Å². The zero-order chi connectivity index (χ0) is 19.2. The van der Waals surface area contributed by atoms with Crippen molar-refractivity contribution in [2.75, 3.05) is 13.1 Å². The number of benzene rings is 1. The third kappa shape index (κ3) is 3.11. The van der Waals surface area contributed by atoms with Crippen LogP contribution in [0.5, 0.6) is 0 Å². The molecule has 142 valence electrons. The molecule has 4 rings (SSSR count). The van der Waals surface area contributed by atoms with Crippen molar-refractivity contribution >= 4 is 32.8 Å². The van der Waals surface area contributed by atoms with Gasteiger partial charge in [0.2, 0.25) is 10.0 Å². The molecule has 9 heteroatoms. The summed E-state index contributed by atoms with van der Waals surface area (Å²) in [6.07, 6.45) is 2.39. The van der Waals surface area contributed by atoms with Crippen LogP contribution in [0.1, 0.15) is 25.1 Å². The minimum Gasteiger partial charge on any atom is -0.313 e. The summed E-state index contributed by atoms with van der Waals surface area (Å²) < 4.78 is 42.6. The Morgan fingerprint density at radius 3 is 2.89 bits per heavy atom. The predicted molar refractivity (Wildman–Crippen MR) is 101 cm³/mol. The number of fused-ring (bicyclic) bond motifs is 1. The van der Waals surface area contributed by atoms with Gasteiger partial charge in [0.25, 0.3) is 0 Å². The fourth-order valence-electron chi connectivity index (χ4n) is 3.54. The Balaban J connectivity index is 1.64. The first-order valence-electron chi connectivity index (χ1n) is 8.68. The van der Waals surface area contributed by atoms with Crippen LogP contribution >= 0.6 is 11.6 Å². The van der Waals surface area contributed by atoms with Crippen LogP contribution in [0.25, 0.3) is 11.2 Å². The Bertz CT molecular complexity index is 1120. The Morgan fingerprint density at radius 2 is 2.15 bits per heavy atom. The summed E-state index contributed by atoms with van der Waals surface area (Å²) in [7, 11) is -3.74. The van der Waals surface area contributed by atoms with Crippen molar-refractivity contribution in [3.8, 4) is 0 Å². The van der Waals surface area contributed by atoms with Gasteiger partial charge in [-0.2, -0.15) is 4.31 Å². The van der Waals surface area contributed by atoms with E-state index in [4.69, 9.17) is 11.6 Å². The fraction of sp³-hybridized carbons (Fsp3) is 0.333. The molecule has 6 nitrogen and oxygen atoms in total. The van der Waals surface area contributed by atoms with E-state index in [1.165, 1.54) is 10.4 Å². The van der Waals surface area contributed by atoms with Gasteiger partial charge in [0.05, 0.1) is 9.92 Å². The molecule has 0 spiro atoms. The molecule has 0 aliphatic carbocycles. The molecule has 3 heterocycles. The van der Waals surface area contributed by atoms with Gasteiger partial charge in [0.15, 0.2) is 5.65 Å². The van der Waals surface area contributed by atoms with Crippen LogP contribution in [0.4, 0.5) is 4.39 Å². The van der Waals surface area contributed by atoms with Gasteiger partial charge in [-0.15, -0.1) is 0 Å². The SMILES string of the molecule is CCn1c([C@H]2CCN(S(=O)(=O)c3ccc(F)c(Cl)c3)C2)nc2cccnc21. The largest absolute Gasteiger partial charge is 0.313 e. The molecule has 0 N–H and O–H groups in total. The molecule has 0 amide bonds. The first kappa shape index (κ1) is 18.3. The molecule has 1 aliphatic heterocycles. The zero-order valence-electron chi connectivity index (χ0n) is 14.6. The highest BCUT2D eigenvalue weighted by molar-refractivity contribution is 7.89. The number of nitrogens with zero attached hydrogens (tertiary/aromatic N) is 4. The molecular formula is C18H18ClFN4O2S. The van der Waals surface area contributed by atoms with Gasteiger partial charge < -0.3 is 4.57 Å². The molecule has 2 aromatic heterocycles. The van der Waals surface area contributed by atoms with Crippen molar-refractivity contribution < 1.29 is 12.8 Å². The van der Waals surface area contributed by atoms with Gasteiger partial charge in [-0.05, 0) is 43.7 Å². The normalized spacial score (nSPS) is 18.4. The third-order valence-electron chi connectivity index (χ3n) is 4.89. The van der Waals surface area contributed by atoms with Gasteiger partial charge in [-0.1, -0.05) is 11.6 Å². The van der Waals surface area contributed by atoms with Crippen molar-refractivity contribution in [3.63, 3.8) is 0 Å². The highest BCUT2D eigenvalue weighted by Crippen LogP contribution is 2.33. The molecule has 1 fully saturated rings. The fourth-order valence-corrected chi connectivity index (χ4v) is 5.32. The molecule has 1 saturated heterocycles. The lowest BCUT2D eigenvalue weighted by Gasteiger charge is -2.17. The van der Waals surface area contributed by atoms with E-state index in [0.29, 0.717) is 26.1 Å². The maximum absolute atomic E-state index is 13.4. The van der Waals surface area contributed by atoms with E-state index >= 15 is 0 Å². The average molecular weight is 409 g/mol. The average Bonchev–Trinajstić information content (AvgIpc) is 3.28. The van der Waals surface area contributed by atoms with E-state index in [2.05, 4.69) is 9.97 Å². The van der Waals surface area contributed by atoms with Crippen molar-refractivity contribution in [3.05, 3.63) is 53.2 Å². The van der Waals surface area contributed by atoms with Gasteiger partial charge in [0.1, 0.15) is 17.2 Å². The lowest BCUT2D eigenvalue weighted by molar-refractivity contribution is 0.469. The molecule has 1 atom stereocenters. The number of pyridine rings is 1. The first-order valence-corrected chi connectivity index (χ1v) is 10.5. The number of aryl methyl sites for hydroxylation is 1. The van der Waals surface area contributed by atoms with Gasteiger partial charge in [0, 0.05) is 31.7 Å². The van der Waals surface area contributed by atoms with Crippen LogP contribution in [0, 0.1) is 5.82 Å². The zero-order valence-corrected chi connectivity index (χ0v) is 16.2. The van der Waals surface area contributed by atoms with E-state index in [9.17, 15) is 12.8 Å². The van der Waals surface area contributed by atoms with Gasteiger partial charge in [-0.25, -0.2) is 22.8 Å². The highest BCUT2D eigenvalue weighted by Gasteiger charge is 2.35. The Morgan fingerprint density at radius 1 is 1.33 bits per heavy atom. The molecule has 0 radical (unpaired) electrons. The van der Waals surface area contributed by atoms with E-state index in [1.54, 1.807) is 6.20 Å².